The van der Waals surface area contributed by atoms with Gasteiger partial charge in [0.25, 0.3) is 0 Å². The molecule has 1 N–H and O–H groups in total. The summed E-state index contributed by atoms with van der Waals surface area (Å²) in [6.45, 7) is 5.68. The molecule has 3 heterocycles. The molecule has 6 nitrogen and oxygen atoms in total. The summed E-state index contributed by atoms with van der Waals surface area (Å²) >= 11 is 0. The van der Waals surface area contributed by atoms with Crippen LogP contribution in [-0.2, 0) is 10.0 Å². The Morgan fingerprint density at radius 1 is 1.19 bits per heavy atom. The number of benzene rings is 1. The van der Waals surface area contributed by atoms with E-state index in [0.29, 0.717) is 12.3 Å². The maximum Gasteiger partial charge on any atom is 0.240 e. The van der Waals surface area contributed by atoms with Crippen molar-refractivity contribution in [3.05, 3.63) is 24.3 Å². The molecule has 3 saturated heterocycles. The van der Waals surface area contributed by atoms with E-state index in [2.05, 4.69) is 14.5 Å². The Kier molecular flexibility index (Phi) is 4.17. The number of nitrogens with one attached hydrogen (secondary N) is 1. The van der Waals surface area contributed by atoms with Crippen LogP contribution in [0.5, 0.6) is 5.75 Å². The zero-order valence-electron chi connectivity index (χ0n) is 12.2. The van der Waals surface area contributed by atoms with Gasteiger partial charge in [0.2, 0.25) is 10.0 Å². The molecule has 3 aliphatic rings. The van der Waals surface area contributed by atoms with E-state index in [0.717, 1.165) is 32.7 Å². The van der Waals surface area contributed by atoms with Crippen LogP contribution < -0.4 is 9.46 Å². The Labute approximate surface area is 125 Å². The van der Waals surface area contributed by atoms with Crippen molar-refractivity contribution in [1.29, 1.82) is 0 Å². The summed E-state index contributed by atoms with van der Waals surface area (Å²) < 4.78 is 32.4. The number of sulfonamides is 1. The highest BCUT2D eigenvalue weighted by Crippen LogP contribution is 2.17. The molecule has 4 rings (SSSR count). The average molecular weight is 311 g/mol. The molecular weight excluding hydrogens is 290 g/mol. The number of ether oxygens (including phenoxy) is 1. The summed E-state index contributed by atoms with van der Waals surface area (Å²) in [6.07, 6.45) is 0. The SMILES string of the molecule is COc1ccc(S(=O)(=O)NCC2CN3CCN2CC3)cc1. The molecule has 21 heavy (non-hydrogen) atoms. The van der Waals surface area contributed by atoms with Gasteiger partial charge in [0.05, 0.1) is 12.0 Å². The molecule has 1 aromatic rings. The van der Waals surface area contributed by atoms with E-state index in [1.165, 1.54) is 0 Å². The van der Waals surface area contributed by atoms with Crippen molar-refractivity contribution >= 4 is 10.0 Å². The second kappa shape index (κ2) is 5.92. The predicted octanol–water partition coefficient (Wildman–Crippen LogP) is -0.0267. The normalized spacial score (nSPS) is 28.5. The first kappa shape index (κ1) is 14.8. The first-order valence-electron chi connectivity index (χ1n) is 7.18. The molecule has 1 atom stereocenters. The van der Waals surface area contributed by atoms with Crippen LogP contribution in [0.15, 0.2) is 29.2 Å². The van der Waals surface area contributed by atoms with E-state index < -0.39 is 10.0 Å². The molecule has 0 spiro atoms. The number of methoxy groups -OCH3 is 1. The third-order valence-electron chi connectivity index (χ3n) is 4.27. The van der Waals surface area contributed by atoms with Gasteiger partial charge in [-0.3, -0.25) is 9.80 Å². The molecule has 0 radical (unpaired) electrons. The van der Waals surface area contributed by atoms with E-state index in [1.54, 1.807) is 31.4 Å². The fourth-order valence-corrected chi connectivity index (χ4v) is 4.04. The maximum atomic E-state index is 12.3. The van der Waals surface area contributed by atoms with Crippen LogP contribution in [-0.4, -0.2) is 70.6 Å². The first-order chi connectivity index (χ1) is 10.1. The van der Waals surface area contributed by atoms with Gasteiger partial charge in [-0.25, -0.2) is 13.1 Å². The van der Waals surface area contributed by atoms with E-state index in [4.69, 9.17) is 4.74 Å². The fourth-order valence-electron chi connectivity index (χ4n) is 2.96. The van der Waals surface area contributed by atoms with Crippen molar-refractivity contribution in [2.24, 2.45) is 0 Å². The van der Waals surface area contributed by atoms with Crippen LogP contribution in [0, 0.1) is 0 Å². The first-order valence-corrected chi connectivity index (χ1v) is 8.67. The monoisotopic (exact) mass is 311 g/mol. The minimum atomic E-state index is -3.45. The van der Waals surface area contributed by atoms with Crippen LogP contribution in [0.2, 0.25) is 0 Å². The molecular formula is C14H21N3O3S. The highest BCUT2D eigenvalue weighted by Gasteiger charge is 2.32. The topological polar surface area (TPSA) is 61.9 Å². The van der Waals surface area contributed by atoms with Crippen LogP contribution in [0.25, 0.3) is 0 Å². The molecule has 7 heteroatoms. The lowest BCUT2D eigenvalue weighted by Gasteiger charge is -2.47. The second-order valence-electron chi connectivity index (χ2n) is 5.52. The molecule has 0 saturated carbocycles. The van der Waals surface area contributed by atoms with E-state index in [-0.39, 0.29) is 10.9 Å². The smallest absolute Gasteiger partial charge is 0.240 e. The van der Waals surface area contributed by atoms with Crippen molar-refractivity contribution < 1.29 is 13.2 Å². The molecule has 1 aromatic carbocycles. The van der Waals surface area contributed by atoms with Crippen LogP contribution >= 0.6 is 0 Å². The molecule has 0 amide bonds. The Morgan fingerprint density at radius 3 is 2.38 bits per heavy atom. The van der Waals surface area contributed by atoms with Gasteiger partial charge in [-0.1, -0.05) is 0 Å². The van der Waals surface area contributed by atoms with E-state index in [9.17, 15) is 8.42 Å². The Morgan fingerprint density at radius 2 is 1.86 bits per heavy atom. The average Bonchev–Trinajstić information content (AvgIpc) is 2.54. The fraction of sp³-hybridized carbons (Fsp3) is 0.571. The lowest BCUT2D eigenvalue weighted by molar-refractivity contribution is 0.0158. The van der Waals surface area contributed by atoms with Crippen LogP contribution in [0.1, 0.15) is 0 Å². The van der Waals surface area contributed by atoms with Crippen molar-refractivity contribution in [2.75, 3.05) is 46.4 Å². The minimum absolute atomic E-state index is 0.277. The van der Waals surface area contributed by atoms with Crippen molar-refractivity contribution in [3.63, 3.8) is 0 Å². The lowest BCUT2D eigenvalue weighted by atomic mass is 10.1. The highest BCUT2D eigenvalue weighted by molar-refractivity contribution is 7.89. The third kappa shape index (κ3) is 3.21. The van der Waals surface area contributed by atoms with E-state index in [1.807, 2.05) is 0 Å². The van der Waals surface area contributed by atoms with Gasteiger partial charge in [-0.2, -0.15) is 0 Å². The predicted molar refractivity (Wildman–Crippen MR) is 80.0 cm³/mol. The largest absolute Gasteiger partial charge is 0.497 e. The minimum Gasteiger partial charge on any atom is -0.497 e. The van der Waals surface area contributed by atoms with Gasteiger partial charge in [-0.05, 0) is 24.3 Å². The standard InChI is InChI=1S/C14H21N3O3S/c1-20-13-2-4-14(5-3-13)21(18,19)15-10-12-11-16-6-8-17(12)9-7-16/h2-5,12,15H,6-11H2,1H3. The van der Waals surface area contributed by atoms with Gasteiger partial charge in [0.1, 0.15) is 5.75 Å². The Hall–Kier alpha value is -1.15. The summed E-state index contributed by atoms with van der Waals surface area (Å²) in [7, 11) is -1.89. The van der Waals surface area contributed by atoms with Gasteiger partial charge in [0, 0.05) is 45.3 Å². The molecule has 3 aliphatic heterocycles. The second-order valence-corrected chi connectivity index (χ2v) is 7.28. The number of fused-ring (bicyclic) bond motifs is 3. The zero-order chi connectivity index (χ0) is 14.9. The molecule has 0 aromatic heterocycles. The Bertz CT molecular complexity index is 580. The van der Waals surface area contributed by atoms with Crippen LogP contribution in [0.4, 0.5) is 0 Å². The molecule has 1 unspecified atom stereocenters. The molecule has 3 fully saturated rings. The molecule has 116 valence electrons. The molecule has 2 bridgehead atoms. The van der Waals surface area contributed by atoms with Crippen LogP contribution in [0.3, 0.4) is 0 Å². The summed E-state index contributed by atoms with van der Waals surface area (Å²) in [5.41, 5.74) is 0. The van der Waals surface area contributed by atoms with E-state index >= 15 is 0 Å². The van der Waals surface area contributed by atoms with Gasteiger partial charge in [0.15, 0.2) is 0 Å². The zero-order valence-corrected chi connectivity index (χ0v) is 13.0. The summed E-state index contributed by atoms with van der Waals surface area (Å²) in [5, 5.41) is 0. The summed E-state index contributed by atoms with van der Waals surface area (Å²) in [4.78, 5) is 5.04. The number of hydrogen-bond donors (Lipinski definition) is 1. The highest BCUT2D eigenvalue weighted by atomic mass is 32.2. The number of nitrogens with zero attached hydrogens (tertiary/aromatic N) is 2. The van der Waals surface area contributed by atoms with Gasteiger partial charge < -0.3 is 4.74 Å². The number of piperazine rings is 3. The van der Waals surface area contributed by atoms with Crippen molar-refractivity contribution in [1.82, 2.24) is 14.5 Å². The molecule has 0 aliphatic carbocycles. The lowest BCUT2D eigenvalue weighted by Crippen LogP contribution is -2.63. The van der Waals surface area contributed by atoms with Gasteiger partial charge in [-0.15, -0.1) is 0 Å². The third-order valence-corrected chi connectivity index (χ3v) is 5.71. The Balaban J connectivity index is 1.63. The van der Waals surface area contributed by atoms with Crippen molar-refractivity contribution in [2.45, 2.75) is 10.9 Å². The van der Waals surface area contributed by atoms with Gasteiger partial charge >= 0.3 is 0 Å². The maximum absolute atomic E-state index is 12.3. The summed E-state index contributed by atoms with van der Waals surface area (Å²) in [5.74, 6) is 0.650. The quantitative estimate of drug-likeness (QED) is 0.828. The number of hydrogen-bond acceptors (Lipinski definition) is 5. The summed E-state index contributed by atoms with van der Waals surface area (Å²) in [6, 6.07) is 6.73. The number of rotatable bonds is 5. The van der Waals surface area contributed by atoms with Crippen molar-refractivity contribution in [3.8, 4) is 5.75 Å².